The van der Waals surface area contributed by atoms with E-state index in [9.17, 15) is 9.90 Å². The first-order valence-electron chi connectivity index (χ1n) is 5.76. The van der Waals surface area contributed by atoms with Crippen molar-refractivity contribution >= 4 is 33.0 Å². The SMILES string of the molecule is C#CCn1ncc(NCC(O)c2ccsc2)c(Br)c1=O. The summed E-state index contributed by atoms with van der Waals surface area (Å²) < 4.78 is 1.53. The topological polar surface area (TPSA) is 67.2 Å². The minimum absolute atomic E-state index is 0.120. The second-order valence-corrected chi connectivity index (χ2v) is 5.57. The highest BCUT2D eigenvalue weighted by molar-refractivity contribution is 9.10. The molecule has 0 bridgehead atoms. The molecule has 1 unspecified atom stereocenters. The van der Waals surface area contributed by atoms with Gasteiger partial charge in [0.05, 0.1) is 18.0 Å². The van der Waals surface area contributed by atoms with Gasteiger partial charge in [0.25, 0.3) is 5.56 Å². The lowest BCUT2D eigenvalue weighted by atomic mass is 10.2. The van der Waals surface area contributed by atoms with Crippen LogP contribution in [0.15, 0.2) is 32.3 Å². The van der Waals surface area contributed by atoms with Crippen molar-refractivity contribution in [3.8, 4) is 12.3 Å². The summed E-state index contributed by atoms with van der Waals surface area (Å²) in [6, 6.07) is 1.86. The van der Waals surface area contributed by atoms with Crippen LogP contribution in [0.2, 0.25) is 0 Å². The summed E-state index contributed by atoms with van der Waals surface area (Å²) in [4.78, 5) is 11.9. The normalized spacial score (nSPS) is 11.8. The van der Waals surface area contributed by atoms with Crippen LogP contribution in [-0.4, -0.2) is 21.4 Å². The fraction of sp³-hybridized carbons (Fsp3) is 0.231. The van der Waals surface area contributed by atoms with Crippen molar-refractivity contribution in [2.24, 2.45) is 0 Å². The van der Waals surface area contributed by atoms with Crippen LogP contribution in [-0.2, 0) is 6.54 Å². The van der Waals surface area contributed by atoms with Gasteiger partial charge in [-0.05, 0) is 38.3 Å². The summed E-state index contributed by atoms with van der Waals surface area (Å²) in [6.45, 7) is 0.408. The Labute approximate surface area is 128 Å². The second-order valence-electron chi connectivity index (χ2n) is 3.99. The lowest BCUT2D eigenvalue weighted by Gasteiger charge is -2.13. The summed E-state index contributed by atoms with van der Waals surface area (Å²) in [5.41, 5.74) is 1.06. The number of hydrogen-bond donors (Lipinski definition) is 2. The van der Waals surface area contributed by atoms with Crippen LogP contribution >= 0.6 is 27.3 Å². The number of rotatable bonds is 5. The maximum absolute atomic E-state index is 11.9. The Morgan fingerprint density at radius 2 is 2.45 bits per heavy atom. The van der Waals surface area contributed by atoms with Crippen molar-refractivity contribution in [1.29, 1.82) is 0 Å². The molecule has 0 saturated heterocycles. The molecule has 20 heavy (non-hydrogen) atoms. The largest absolute Gasteiger partial charge is 0.387 e. The Balaban J connectivity index is 2.09. The number of terminal acetylenes is 1. The standard InChI is InChI=1S/C13H12BrN3O2S/c1-2-4-17-13(19)12(14)10(6-16-17)15-7-11(18)9-3-5-20-8-9/h1,3,5-6,8,11,15,18H,4,7H2. The van der Waals surface area contributed by atoms with Gasteiger partial charge in [-0.25, -0.2) is 4.68 Å². The van der Waals surface area contributed by atoms with E-state index in [0.29, 0.717) is 10.2 Å². The molecule has 0 radical (unpaired) electrons. The Morgan fingerprint density at radius 1 is 1.65 bits per heavy atom. The molecule has 2 aromatic heterocycles. The number of nitrogens with one attached hydrogen (secondary N) is 1. The first-order valence-corrected chi connectivity index (χ1v) is 7.50. The Kier molecular flexibility index (Phi) is 4.95. The molecule has 2 aromatic rings. The first-order chi connectivity index (χ1) is 9.63. The molecule has 0 saturated carbocycles. The highest BCUT2D eigenvalue weighted by Gasteiger charge is 2.11. The highest BCUT2D eigenvalue weighted by atomic mass is 79.9. The van der Waals surface area contributed by atoms with Crippen molar-refractivity contribution in [3.05, 3.63) is 43.4 Å². The monoisotopic (exact) mass is 353 g/mol. The zero-order valence-electron chi connectivity index (χ0n) is 10.4. The van der Waals surface area contributed by atoms with Gasteiger partial charge in [-0.1, -0.05) is 5.92 Å². The molecule has 104 valence electrons. The van der Waals surface area contributed by atoms with Crippen LogP contribution in [0.4, 0.5) is 5.69 Å². The van der Waals surface area contributed by atoms with Crippen LogP contribution in [0.25, 0.3) is 0 Å². The number of nitrogens with zero attached hydrogens (tertiary/aromatic N) is 2. The molecule has 5 nitrogen and oxygen atoms in total. The minimum Gasteiger partial charge on any atom is -0.387 e. The molecule has 0 aliphatic heterocycles. The van der Waals surface area contributed by atoms with Crippen molar-refractivity contribution < 1.29 is 5.11 Å². The fourth-order valence-corrected chi connectivity index (χ4v) is 2.73. The van der Waals surface area contributed by atoms with E-state index in [2.05, 4.69) is 32.3 Å². The number of aliphatic hydroxyl groups excluding tert-OH is 1. The molecule has 1 atom stereocenters. The molecule has 2 rings (SSSR count). The third-order valence-electron chi connectivity index (χ3n) is 2.64. The molecule has 0 amide bonds. The molecular formula is C13H12BrN3O2S. The number of aliphatic hydroxyl groups is 1. The molecule has 7 heteroatoms. The number of anilines is 1. The fourth-order valence-electron chi connectivity index (χ4n) is 1.58. The van der Waals surface area contributed by atoms with E-state index >= 15 is 0 Å². The van der Waals surface area contributed by atoms with E-state index in [1.165, 1.54) is 22.2 Å². The average molecular weight is 354 g/mol. The lowest BCUT2D eigenvalue weighted by Crippen LogP contribution is -2.24. The van der Waals surface area contributed by atoms with Crippen molar-refractivity contribution in [2.75, 3.05) is 11.9 Å². The third kappa shape index (κ3) is 3.28. The molecule has 0 aliphatic carbocycles. The van der Waals surface area contributed by atoms with Crippen molar-refractivity contribution in [2.45, 2.75) is 12.6 Å². The number of halogens is 1. The first kappa shape index (κ1) is 14.8. The number of hydrogen-bond acceptors (Lipinski definition) is 5. The van der Waals surface area contributed by atoms with Gasteiger partial charge in [-0.3, -0.25) is 4.79 Å². The van der Waals surface area contributed by atoms with Gasteiger partial charge in [-0.2, -0.15) is 16.4 Å². The van der Waals surface area contributed by atoms with Crippen LogP contribution < -0.4 is 10.9 Å². The zero-order valence-corrected chi connectivity index (χ0v) is 12.8. The Bertz CT molecular complexity index is 676. The van der Waals surface area contributed by atoms with E-state index in [-0.39, 0.29) is 18.6 Å². The predicted molar refractivity (Wildman–Crippen MR) is 82.8 cm³/mol. The number of thiophene rings is 1. The molecule has 2 heterocycles. The second kappa shape index (κ2) is 6.70. The summed E-state index contributed by atoms with van der Waals surface area (Å²) in [7, 11) is 0. The van der Waals surface area contributed by atoms with E-state index < -0.39 is 6.10 Å². The van der Waals surface area contributed by atoms with Crippen molar-refractivity contribution in [3.63, 3.8) is 0 Å². The van der Waals surface area contributed by atoms with Crippen molar-refractivity contribution in [1.82, 2.24) is 9.78 Å². The molecule has 0 spiro atoms. The van der Waals surface area contributed by atoms with Crippen LogP contribution in [0.1, 0.15) is 11.7 Å². The predicted octanol–water partition coefficient (Wildman–Crippen LogP) is 1.85. The summed E-state index contributed by atoms with van der Waals surface area (Å²) in [6.07, 6.45) is 6.02. The third-order valence-corrected chi connectivity index (χ3v) is 4.11. The van der Waals surface area contributed by atoms with E-state index in [4.69, 9.17) is 6.42 Å². The van der Waals surface area contributed by atoms with Gasteiger partial charge in [0.2, 0.25) is 0 Å². The molecule has 2 N–H and O–H groups in total. The highest BCUT2D eigenvalue weighted by Crippen LogP contribution is 2.20. The molecule has 0 fully saturated rings. The van der Waals surface area contributed by atoms with Crippen LogP contribution in [0.3, 0.4) is 0 Å². The smallest absolute Gasteiger partial charge is 0.284 e. The average Bonchev–Trinajstić information content (AvgIpc) is 2.97. The zero-order chi connectivity index (χ0) is 14.5. The van der Waals surface area contributed by atoms with Gasteiger partial charge >= 0.3 is 0 Å². The Hall–Kier alpha value is -1.62. The minimum atomic E-state index is -0.638. The number of aromatic nitrogens is 2. The maximum atomic E-state index is 11.9. The summed E-state index contributed by atoms with van der Waals surface area (Å²) in [5, 5.41) is 20.7. The molecule has 0 aliphatic rings. The van der Waals surface area contributed by atoms with Crippen LogP contribution in [0, 0.1) is 12.3 Å². The van der Waals surface area contributed by atoms with Gasteiger partial charge in [0, 0.05) is 6.54 Å². The lowest BCUT2D eigenvalue weighted by molar-refractivity contribution is 0.192. The van der Waals surface area contributed by atoms with E-state index in [1.807, 2.05) is 16.8 Å². The Morgan fingerprint density at radius 3 is 3.10 bits per heavy atom. The van der Waals surface area contributed by atoms with Gasteiger partial charge < -0.3 is 10.4 Å². The maximum Gasteiger partial charge on any atom is 0.284 e. The van der Waals surface area contributed by atoms with Gasteiger partial charge in [0.15, 0.2) is 0 Å². The molecular weight excluding hydrogens is 342 g/mol. The van der Waals surface area contributed by atoms with E-state index in [1.54, 1.807) is 0 Å². The quantitative estimate of drug-likeness (QED) is 0.805. The molecule has 0 aromatic carbocycles. The van der Waals surface area contributed by atoms with Gasteiger partial charge in [0.1, 0.15) is 11.0 Å². The van der Waals surface area contributed by atoms with Crippen LogP contribution in [0.5, 0.6) is 0 Å². The van der Waals surface area contributed by atoms with E-state index in [0.717, 1.165) is 5.56 Å². The summed E-state index contributed by atoms with van der Waals surface area (Å²) in [5.74, 6) is 2.36. The van der Waals surface area contributed by atoms with Gasteiger partial charge in [-0.15, -0.1) is 6.42 Å². The summed E-state index contributed by atoms with van der Waals surface area (Å²) >= 11 is 4.74.